The van der Waals surface area contributed by atoms with Gasteiger partial charge in [-0.1, -0.05) is 30.0 Å². The molecule has 0 amide bonds. The van der Waals surface area contributed by atoms with E-state index < -0.39 is 0 Å². The molecular formula is C19H19N3O2S2. The summed E-state index contributed by atoms with van der Waals surface area (Å²) in [5.74, 6) is 3.53. The quantitative estimate of drug-likeness (QED) is 0.595. The summed E-state index contributed by atoms with van der Waals surface area (Å²) in [4.78, 5) is 1.33. The monoisotopic (exact) mass is 385 g/mol. The van der Waals surface area contributed by atoms with E-state index in [1.165, 1.54) is 17.7 Å². The molecule has 0 spiro atoms. The first-order valence-electron chi connectivity index (χ1n) is 8.84. The summed E-state index contributed by atoms with van der Waals surface area (Å²) < 4.78 is 14.2. The summed E-state index contributed by atoms with van der Waals surface area (Å²) in [5.41, 5.74) is 0. The van der Waals surface area contributed by atoms with Crippen molar-refractivity contribution >= 4 is 23.1 Å². The van der Waals surface area contributed by atoms with Crippen molar-refractivity contribution in [2.75, 3.05) is 12.4 Å². The van der Waals surface area contributed by atoms with Crippen molar-refractivity contribution in [3.8, 4) is 11.5 Å². The van der Waals surface area contributed by atoms with Gasteiger partial charge in [-0.15, -0.1) is 21.5 Å². The first kappa shape index (κ1) is 16.2. The first-order valence-corrected chi connectivity index (χ1v) is 10.7. The first-order chi connectivity index (χ1) is 12.9. The third kappa shape index (κ3) is 3.33. The van der Waals surface area contributed by atoms with E-state index >= 15 is 0 Å². The fourth-order valence-electron chi connectivity index (χ4n) is 3.11. The van der Waals surface area contributed by atoms with Gasteiger partial charge in [-0.2, -0.15) is 0 Å². The van der Waals surface area contributed by atoms with Crippen molar-refractivity contribution in [2.24, 2.45) is 0 Å². The van der Waals surface area contributed by atoms with Crippen LogP contribution in [0.5, 0.6) is 11.5 Å². The number of nitrogens with zero attached hydrogens (tertiary/aromatic N) is 3. The average molecular weight is 386 g/mol. The van der Waals surface area contributed by atoms with Crippen LogP contribution in [0.1, 0.15) is 29.6 Å². The molecule has 0 bridgehead atoms. The molecule has 3 heterocycles. The molecule has 1 unspecified atom stereocenters. The summed E-state index contributed by atoms with van der Waals surface area (Å²) in [6.45, 7) is 0.573. The normalized spacial score (nSPS) is 18.8. The van der Waals surface area contributed by atoms with Crippen molar-refractivity contribution in [3.63, 3.8) is 0 Å². The molecule has 5 rings (SSSR count). The van der Waals surface area contributed by atoms with E-state index in [-0.39, 0.29) is 6.10 Å². The predicted molar refractivity (Wildman–Crippen MR) is 102 cm³/mol. The number of ether oxygens (including phenoxy) is 2. The van der Waals surface area contributed by atoms with Crippen LogP contribution >= 0.6 is 23.1 Å². The molecule has 0 saturated heterocycles. The molecule has 1 fully saturated rings. The highest BCUT2D eigenvalue weighted by atomic mass is 32.2. The van der Waals surface area contributed by atoms with Crippen LogP contribution < -0.4 is 9.47 Å². The van der Waals surface area contributed by atoms with Crippen molar-refractivity contribution in [3.05, 3.63) is 52.5 Å². The summed E-state index contributed by atoms with van der Waals surface area (Å²) in [7, 11) is 0. The maximum atomic E-state index is 6.06. The molecule has 0 N–H and O–H groups in total. The standard InChI is InChI=1S/C19H19N3O2S2/c1-2-6-17-16(5-1)23-11-14(24-17)12-26-19-21-20-18(22(19)13-7-8-13)10-15-4-3-9-25-15/h1-6,9,13-14H,7-8,10-12H2. The minimum atomic E-state index is 0.0278. The van der Waals surface area contributed by atoms with E-state index in [1.54, 1.807) is 23.1 Å². The van der Waals surface area contributed by atoms with Gasteiger partial charge in [0.25, 0.3) is 0 Å². The van der Waals surface area contributed by atoms with Gasteiger partial charge in [0.15, 0.2) is 16.7 Å². The Kier molecular flexibility index (Phi) is 4.34. The highest BCUT2D eigenvalue weighted by Gasteiger charge is 2.30. The molecule has 5 nitrogen and oxygen atoms in total. The zero-order valence-corrected chi connectivity index (χ0v) is 15.8. The maximum Gasteiger partial charge on any atom is 0.191 e. The lowest BCUT2D eigenvalue weighted by Crippen LogP contribution is -2.31. The number of benzene rings is 1. The minimum absolute atomic E-state index is 0.0278. The Morgan fingerprint density at radius 1 is 1.12 bits per heavy atom. The number of hydrogen-bond donors (Lipinski definition) is 0. The molecule has 1 aromatic carbocycles. The zero-order chi connectivity index (χ0) is 17.3. The van der Waals surface area contributed by atoms with Gasteiger partial charge in [-0.05, 0) is 36.4 Å². The highest BCUT2D eigenvalue weighted by Crippen LogP contribution is 2.40. The largest absolute Gasteiger partial charge is 0.486 e. The van der Waals surface area contributed by atoms with Gasteiger partial charge in [0.2, 0.25) is 0 Å². The molecule has 1 aliphatic carbocycles. The Balaban J connectivity index is 1.28. The van der Waals surface area contributed by atoms with Gasteiger partial charge in [-0.25, -0.2) is 0 Å². The number of para-hydroxylation sites is 2. The van der Waals surface area contributed by atoms with Crippen molar-refractivity contribution < 1.29 is 9.47 Å². The number of fused-ring (bicyclic) bond motifs is 1. The second kappa shape index (κ2) is 6.96. The van der Waals surface area contributed by atoms with Crippen LogP contribution in [-0.4, -0.2) is 33.2 Å². The van der Waals surface area contributed by atoms with Crippen LogP contribution in [0.4, 0.5) is 0 Å². The van der Waals surface area contributed by atoms with Crippen molar-refractivity contribution in [2.45, 2.75) is 36.6 Å². The average Bonchev–Trinajstić information content (AvgIpc) is 3.22. The molecule has 26 heavy (non-hydrogen) atoms. The molecule has 134 valence electrons. The third-order valence-corrected chi connectivity index (χ3v) is 6.48. The Bertz CT molecular complexity index is 890. The summed E-state index contributed by atoms with van der Waals surface area (Å²) in [5, 5.41) is 12.1. The zero-order valence-electron chi connectivity index (χ0n) is 14.2. The Hall–Kier alpha value is -1.99. The van der Waals surface area contributed by atoms with Gasteiger partial charge in [-0.3, -0.25) is 0 Å². The van der Waals surface area contributed by atoms with Gasteiger partial charge in [0.1, 0.15) is 18.5 Å². The molecular weight excluding hydrogens is 366 g/mol. The molecule has 3 aromatic rings. The van der Waals surface area contributed by atoms with E-state index in [2.05, 4.69) is 32.3 Å². The number of aromatic nitrogens is 3. The van der Waals surface area contributed by atoms with Gasteiger partial charge in [0, 0.05) is 23.1 Å². The van der Waals surface area contributed by atoms with E-state index in [4.69, 9.17) is 9.47 Å². The number of thiophene rings is 1. The number of thioether (sulfide) groups is 1. The lowest BCUT2D eigenvalue weighted by Gasteiger charge is -2.26. The molecule has 7 heteroatoms. The number of hydrogen-bond acceptors (Lipinski definition) is 6. The SMILES string of the molecule is c1csc(Cc2nnc(SCC3COc4ccccc4O3)n2C2CC2)c1. The molecule has 0 radical (unpaired) electrons. The predicted octanol–water partition coefficient (Wildman–Crippen LogP) is 4.20. The van der Waals surface area contributed by atoms with Crippen molar-refractivity contribution in [1.29, 1.82) is 0 Å². The Morgan fingerprint density at radius 2 is 2.00 bits per heavy atom. The summed E-state index contributed by atoms with van der Waals surface area (Å²) in [6.07, 6.45) is 3.33. The fraction of sp³-hybridized carbons (Fsp3) is 0.368. The van der Waals surface area contributed by atoms with E-state index in [0.717, 1.165) is 34.7 Å². The lowest BCUT2D eigenvalue weighted by molar-refractivity contribution is 0.107. The van der Waals surface area contributed by atoms with Crippen LogP contribution in [0.3, 0.4) is 0 Å². The van der Waals surface area contributed by atoms with E-state index in [9.17, 15) is 0 Å². The molecule has 1 saturated carbocycles. The highest BCUT2D eigenvalue weighted by molar-refractivity contribution is 7.99. The molecule has 2 aliphatic rings. The molecule has 2 aromatic heterocycles. The smallest absolute Gasteiger partial charge is 0.191 e. The second-order valence-electron chi connectivity index (χ2n) is 6.56. The van der Waals surface area contributed by atoms with Crippen molar-refractivity contribution in [1.82, 2.24) is 14.8 Å². The third-order valence-electron chi connectivity index (χ3n) is 4.53. The van der Waals surface area contributed by atoms with Crippen LogP contribution in [0.2, 0.25) is 0 Å². The minimum Gasteiger partial charge on any atom is -0.486 e. The fourth-order valence-corrected chi connectivity index (χ4v) is 4.80. The second-order valence-corrected chi connectivity index (χ2v) is 8.58. The van der Waals surface area contributed by atoms with Crippen LogP contribution in [0, 0.1) is 0 Å². The molecule has 1 aliphatic heterocycles. The topological polar surface area (TPSA) is 49.2 Å². The Morgan fingerprint density at radius 3 is 2.81 bits per heavy atom. The van der Waals surface area contributed by atoms with Crippen LogP contribution in [0.25, 0.3) is 0 Å². The van der Waals surface area contributed by atoms with Crippen LogP contribution in [-0.2, 0) is 6.42 Å². The summed E-state index contributed by atoms with van der Waals surface area (Å²) in [6, 6.07) is 12.6. The van der Waals surface area contributed by atoms with E-state index in [1.807, 2.05) is 24.3 Å². The van der Waals surface area contributed by atoms with Gasteiger partial charge in [0.05, 0.1) is 0 Å². The van der Waals surface area contributed by atoms with Crippen LogP contribution in [0.15, 0.2) is 46.9 Å². The van der Waals surface area contributed by atoms with Gasteiger partial charge >= 0.3 is 0 Å². The number of rotatable bonds is 6. The lowest BCUT2D eigenvalue weighted by atomic mass is 10.3. The Labute approximate surface area is 160 Å². The summed E-state index contributed by atoms with van der Waals surface area (Å²) >= 11 is 3.49. The molecule has 1 atom stereocenters. The van der Waals surface area contributed by atoms with Gasteiger partial charge < -0.3 is 14.0 Å². The maximum absolute atomic E-state index is 6.06. The van der Waals surface area contributed by atoms with E-state index in [0.29, 0.717) is 12.6 Å².